The van der Waals surface area contributed by atoms with Gasteiger partial charge in [0.25, 0.3) is 0 Å². The molecule has 84 heavy (non-hydrogen) atoms. The summed E-state index contributed by atoms with van der Waals surface area (Å²) in [6.45, 7) is 38.1. The number of phenolic OH excluding ortho intramolecular Hbond substituents is 7. The lowest BCUT2D eigenvalue weighted by atomic mass is 9.67. The van der Waals surface area contributed by atoms with E-state index in [9.17, 15) is 35.7 Å². The van der Waals surface area contributed by atoms with Crippen LogP contribution in [0.3, 0.4) is 0 Å². The first-order valence-corrected chi connectivity index (χ1v) is 29.0. The molecule has 9 aromatic carbocycles. The fourth-order valence-corrected chi connectivity index (χ4v) is 12.8. The molecular weight excluding hydrogens is 1040 g/mol. The standard InChI is InChI=1S/C42H46O4.C35H40O3/c1-23-15-33(16-24(2)37(23)43)41(9,34-17-25(3)38(44)26(4)18-34)31-11-13-32(14-12-31)42(10,35-19-27(5)39(45)28(6)20-35)36-21-29(7)40(46)30(8)22-36;1-20-14-28(15-21(2)31(20)36)34(7,8)26-10-12-27(13-11-26)35(9,29-16-22(3)32(37)23(4)17-29)30-18-24(5)33(38)25(6)19-30/h11-22,43-46H,1-10H3;10-19,36-38H,1-9H3. The van der Waals surface area contributed by atoms with Gasteiger partial charge in [0.15, 0.2) is 0 Å². The van der Waals surface area contributed by atoms with Gasteiger partial charge in [-0.3, -0.25) is 0 Å². The van der Waals surface area contributed by atoms with Gasteiger partial charge in [0, 0.05) is 21.7 Å². The molecule has 7 nitrogen and oxygen atoms in total. The Morgan fingerprint density at radius 3 is 0.440 bits per heavy atom. The highest BCUT2D eigenvalue weighted by atomic mass is 16.3. The molecule has 7 heteroatoms. The summed E-state index contributed by atoms with van der Waals surface area (Å²) in [7, 11) is 0. The van der Waals surface area contributed by atoms with Gasteiger partial charge in [0.05, 0.1) is 0 Å². The van der Waals surface area contributed by atoms with Gasteiger partial charge >= 0.3 is 0 Å². The second kappa shape index (κ2) is 22.6. The zero-order chi connectivity index (χ0) is 62.0. The summed E-state index contributed by atoms with van der Waals surface area (Å²) in [5.74, 6) is 2.21. The topological polar surface area (TPSA) is 142 Å². The number of rotatable bonds is 11. The number of aryl methyl sites for hydroxylation is 14. The van der Waals surface area contributed by atoms with Crippen LogP contribution in [0.15, 0.2) is 133 Å². The SMILES string of the molecule is Cc1cc(C(C)(C)c2ccc(C(C)(c3cc(C)c(O)c(C)c3)c3cc(C)c(O)c(C)c3)cc2)cc(C)c1O.Cc1cc(C(C)(c2ccc(C(C)(c3cc(C)c(O)c(C)c3)c3cc(C)c(O)c(C)c3)cc2)c2cc(C)c(O)c(C)c2)cc(C)c1O. The van der Waals surface area contributed by atoms with Crippen LogP contribution in [0.5, 0.6) is 40.2 Å². The van der Waals surface area contributed by atoms with Crippen LogP contribution in [0, 0.1) is 96.9 Å². The van der Waals surface area contributed by atoms with Gasteiger partial charge in [-0.2, -0.15) is 0 Å². The third kappa shape index (κ3) is 10.8. The van der Waals surface area contributed by atoms with E-state index in [0.717, 1.165) is 134 Å². The summed E-state index contributed by atoms with van der Waals surface area (Å²) < 4.78 is 0. The molecule has 0 aliphatic heterocycles. The maximum atomic E-state index is 10.7. The number of aromatic hydroxyl groups is 7. The van der Waals surface area contributed by atoms with Gasteiger partial charge in [0.1, 0.15) is 40.2 Å². The normalized spacial score (nSPS) is 12.1. The lowest BCUT2D eigenvalue weighted by Gasteiger charge is -2.36. The van der Waals surface area contributed by atoms with Gasteiger partial charge < -0.3 is 35.7 Å². The quantitative estimate of drug-likeness (QED) is 0.0640. The van der Waals surface area contributed by atoms with Crippen LogP contribution in [0.1, 0.15) is 174 Å². The van der Waals surface area contributed by atoms with Crippen molar-refractivity contribution in [2.24, 2.45) is 0 Å². The Hall–Kier alpha value is -8.42. The Morgan fingerprint density at radius 2 is 0.298 bits per heavy atom. The highest BCUT2D eigenvalue weighted by molar-refractivity contribution is 5.62. The van der Waals surface area contributed by atoms with E-state index in [1.165, 1.54) is 5.56 Å². The van der Waals surface area contributed by atoms with Crippen LogP contribution in [0.25, 0.3) is 0 Å². The molecule has 0 fully saturated rings. The Bertz CT molecular complexity index is 3550. The van der Waals surface area contributed by atoms with E-state index in [-0.39, 0.29) is 5.41 Å². The molecule has 0 aliphatic rings. The molecule has 9 rings (SSSR count). The van der Waals surface area contributed by atoms with E-state index in [0.29, 0.717) is 40.2 Å². The lowest BCUT2D eigenvalue weighted by molar-refractivity contribution is 0.464. The van der Waals surface area contributed by atoms with Gasteiger partial charge in [-0.25, -0.2) is 0 Å². The van der Waals surface area contributed by atoms with Crippen LogP contribution in [-0.4, -0.2) is 35.7 Å². The number of benzene rings is 9. The molecular formula is C77H86O7. The van der Waals surface area contributed by atoms with E-state index in [1.807, 2.05) is 96.9 Å². The Balaban J connectivity index is 0.000000223. The molecule has 0 unspecified atom stereocenters. The summed E-state index contributed by atoms with van der Waals surface area (Å²) in [4.78, 5) is 0. The maximum Gasteiger partial charge on any atom is 0.121 e. The molecule has 7 N–H and O–H groups in total. The molecule has 0 bridgehead atoms. The molecule has 0 radical (unpaired) electrons. The van der Waals surface area contributed by atoms with Crippen molar-refractivity contribution >= 4 is 0 Å². The van der Waals surface area contributed by atoms with Crippen LogP contribution in [0.4, 0.5) is 0 Å². The molecule has 0 amide bonds. The monoisotopic (exact) mass is 1120 g/mol. The molecule has 0 aliphatic carbocycles. The minimum atomic E-state index is -0.598. The first-order valence-electron chi connectivity index (χ1n) is 29.0. The molecule has 0 atom stereocenters. The van der Waals surface area contributed by atoms with Crippen LogP contribution in [-0.2, 0) is 21.7 Å². The average Bonchev–Trinajstić information content (AvgIpc) is 2.84. The smallest absolute Gasteiger partial charge is 0.121 e. The summed E-state index contributed by atoms with van der Waals surface area (Å²) >= 11 is 0. The lowest BCUT2D eigenvalue weighted by Crippen LogP contribution is -2.28. The van der Waals surface area contributed by atoms with Gasteiger partial charge in [-0.1, -0.05) is 147 Å². The van der Waals surface area contributed by atoms with E-state index in [4.69, 9.17) is 0 Å². The third-order valence-corrected chi connectivity index (χ3v) is 18.8. The molecule has 9 aromatic rings. The average molecular weight is 1120 g/mol. The maximum absolute atomic E-state index is 10.7. The Morgan fingerprint density at radius 1 is 0.179 bits per heavy atom. The molecule has 0 saturated carbocycles. The predicted octanol–water partition coefficient (Wildman–Crippen LogP) is 18.0. The van der Waals surface area contributed by atoms with Crippen molar-refractivity contribution in [1.82, 2.24) is 0 Å². The Kier molecular flexibility index (Phi) is 16.6. The predicted molar refractivity (Wildman–Crippen MR) is 345 cm³/mol. The first kappa shape index (κ1) is 61.6. The molecule has 0 spiro atoms. The van der Waals surface area contributed by atoms with E-state index < -0.39 is 16.2 Å². The molecule has 0 saturated heterocycles. The molecule has 0 heterocycles. The van der Waals surface area contributed by atoms with E-state index in [1.54, 1.807) is 0 Å². The first-order chi connectivity index (χ1) is 39.2. The van der Waals surface area contributed by atoms with Crippen molar-refractivity contribution in [1.29, 1.82) is 0 Å². The summed E-state index contributed by atoms with van der Waals surface area (Å²) in [5.41, 5.74) is 21.7. The van der Waals surface area contributed by atoms with Crippen molar-refractivity contribution in [2.75, 3.05) is 0 Å². The minimum Gasteiger partial charge on any atom is -0.507 e. The van der Waals surface area contributed by atoms with Crippen molar-refractivity contribution in [3.8, 4) is 40.2 Å². The third-order valence-electron chi connectivity index (χ3n) is 18.8. The fourth-order valence-electron chi connectivity index (χ4n) is 12.8. The summed E-state index contributed by atoms with van der Waals surface area (Å²) in [6.07, 6.45) is 0. The van der Waals surface area contributed by atoms with Crippen molar-refractivity contribution in [2.45, 2.75) is 153 Å². The minimum absolute atomic E-state index is 0.254. The van der Waals surface area contributed by atoms with Crippen LogP contribution >= 0.6 is 0 Å². The van der Waals surface area contributed by atoms with Crippen molar-refractivity contribution in [3.05, 3.63) is 273 Å². The molecule has 436 valence electrons. The Labute approximate surface area is 499 Å². The number of hydrogen-bond donors (Lipinski definition) is 7. The van der Waals surface area contributed by atoms with Crippen molar-refractivity contribution < 1.29 is 35.7 Å². The number of hydrogen-bond acceptors (Lipinski definition) is 7. The van der Waals surface area contributed by atoms with E-state index in [2.05, 4.69) is 168 Å². The van der Waals surface area contributed by atoms with Crippen LogP contribution in [0.2, 0.25) is 0 Å². The van der Waals surface area contributed by atoms with Crippen LogP contribution < -0.4 is 0 Å². The van der Waals surface area contributed by atoms with Crippen molar-refractivity contribution in [3.63, 3.8) is 0 Å². The summed E-state index contributed by atoms with van der Waals surface area (Å²) in [5, 5.41) is 73.9. The largest absolute Gasteiger partial charge is 0.507 e. The highest BCUT2D eigenvalue weighted by Crippen LogP contribution is 2.48. The number of phenols is 7. The second-order valence-electron chi connectivity index (χ2n) is 25.4. The van der Waals surface area contributed by atoms with Gasteiger partial charge in [0.2, 0.25) is 0 Å². The van der Waals surface area contributed by atoms with Gasteiger partial charge in [-0.15, -0.1) is 0 Å². The zero-order valence-electron chi connectivity index (χ0n) is 52.8. The zero-order valence-corrected chi connectivity index (χ0v) is 52.8. The fraction of sp³-hybridized carbons (Fsp3) is 0.299. The van der Waals surface area contributed by atoms with E-state index >= 15 is 0 Å². The second-order valence-corrected chi connectivity index (χ2v) is 25.4. The highest BCUT2D eigenvalue weighted by Gasteiger charge is 2.38. The summed E-state index contributed by atoms with van der Waals surface area (Å²) in [6, 6.07) is 46.4. The van der Waals surface area contributed by atoms with Gasteiger partial charge in [-0.05, 0) is 257 Å². The molecule has 0 aromatic heterocycles.